The van der Waals surface area contributed by atoms with Crippen LogP contribution in [0.4, 0.5) is 10.8 Å². The van der Waals surface area contributed by atoms with E-state index < -0.39 is 11.9 Å². The van der Waals surface area contributed by atoms with Crippen LogP contribution in [-0.4, -0.2) is 58.9 Å². The van der Waals surface area contributed by atoms with Crippen LogP contribution in [0, 0.1) is 0 Å². The zero-order chi connectivity index (χ0) is 24.1. The van der Waals surface area contributed by atoms with Crippen LogP contribution in [0.15, 0.2) is 42.0 Å². The molecule has 1 aliphatic rings. The highest BCUT2D eigenvalue weighted by atomic mass is 32.1. The monoisotopic (exact) mass is 481 g/mol. The van der Waals surface area contributed by atoms with E-state index in [1.807, 2.05) is 0 Å². The number of esters is 1. The number of hydrogen-bond donors (Lipinski definition) is 1. The lowest BCUT2D eigenvalue weighted by Gasteiger charge is -2.31. The lowest BCUT2D eigenvalue weighted by molar-refractivity contribution is 0.0600. The number of carbonyl (C=O) groups is 3. The number of ether oxygens (including phenoxy) is 2. The highest BCUT2D eigenvalue weighted by molar-refractivity contribution is 7.14. The molecule has 11 heteroatoms. The third-order valence-corrected chi connectivity index (χ3v) is 6.22. The minimum atomic E-state index is -0.560. The first kappa shape index (κ1) is 23.3. The van der Waals surface area contributed by atoms with Gasteiger partial charge in [0, 0.05) is 49.3 Å². The maximum absolute atomic E-state index is 12.8. The summed E-state index contributed by atoms with van der Waals surface area (Å²) in [5.41, 5.74) is 1.01. The molecular formula is C23H23N5O5S. The molecule has 0 atom stereocenters. The van der Waals surface area contributed by atoms with E-state index in [0.717, 1.165) is 31.1 Å². The molecule has 0 unspecified atom stereocenters. The van der Waals surface area contributed by atoms with E-state index in [4.69, 9.17) is 9.47 Å². The predicted octanol–water partition coefficient (Wildman–Crippen LogP) is 3.22. The second-order valence-corrected chi connectivity index (χ2v) is 8.45. The summed E-state index contributed by atoms with van der Waals surface area (Å²) in [4.78, 5) is 51.4. The smallest absolute Gasteiger partial charge is 0.337 e. The van der Waals surface area contributed by atoms with Gasteiger partial charge in [-0.15, -0.1) is 11.3 Å². The summed E-state index contributed by atoms with van der Waals surface area (Å²) in [5, 5.41) is 5.15. The molecule has 1 saturated heterocycles. The summed E-state index contributed by atoms with van der Waals surface area (Å²) in [7, 11) is 1.26. The van der Waals surface area contributed by atoms with Crippen LogP contribution >= 0.6 is 11.3 Å². The zero-order valence-corrected chi connectivity index (χ0v) is 19.5. The molecule has 10 nitrogen and oxygen atoms in total. The molecule has 3 aromatic rings. The molecule has 4 rings (SSSR count). The average Bonchev–Trinajstić information content (AvgIpc) is 3.35. The number of Topliss-reactive ketones (excluding diaryl/α,β-unsaturated/α-hetero) is 1. The first-order valence-corrected chi connectivity index (χ1v) is 11.5. The van der Waals surface area contributed by atoms with Crippen LogP contribution < -0.4 is 15.0 Å². The van der Waals surface area contributed by atoms with Gasteiger partial charge in [-0.1, -0.05) is 0 Å². The van der Waals surface area contributed by atoms with Gasteiger partial charge in [-0.25, -0.2) is 19.7 Å². The van der Waals surface area contributed by atoms with Gasteiger partial charge in [0.25, 0.3) is 5.91 Å². The topological polar surface area (TPSA) is 124 Å². The number of methoxy groups -OCH3 is 1. The number of piperidine rings is 1. The van der Waals surface area contributed by atoms with Gasteiger partial charge in [0.1, 0.15) is 11.8 Å². The molecule has 1 N–H and O–H groups in total. The van der Waals surface area contributed by atoms with Crippen molar-refractivity contribution in [3.05, 3.63) is 58.9 Å². The molecular weight excluding hydrogens is 458 g/mol. The predicted molar refractivity (Wildman–Crippen MR) is 126 cm³/mol. The number of anilines is 2. The summed E-state index contributed by atoms with van der Waals surface area (Å²) < 4.78 is 10.5. The van der Waals surface area contributed by atoms with Gasteiger partial charge in [0.2, 0.25) is 0 Å². The summed E-state index contributed by atoms with van der Waals surface area (Å²) in [5.74, 6) is -1.28. The second-order valence-electron chi connectivity index (χ2n) is 7.61. The number of rotatable bonds is 7. The maximum atomic E-state index is 12.8. The van der Waals surface area contributed by atoms with E-state index in [1.165, 1.54) is 43.6 Å². The summed E-state index contributed by atoms with van der Waals surface area (Å²) >= 11 is 1.38. The van der Waals surface area contributed by atoms with Gasteiger partial charge in [-0.2, -0.15) is 0 Å². The first-order chi connectivity index (χ1) is 16.4. The van der Waals surface area contributed by atoms with E-state index in [2.05, 4.69) is 25.2 Å². The number of amides is 1. The van der Waals surface area contributed by atoms with E-state index in [0.29, 0.717) is 11.7 Å². The van der Waals surface area contributed by atoms with Crippen molar-refractivity contribution in [3.8, 4) is 6.01 Å². The van der Waals surface area contributed by atoms with Crippen molar-refractivity contribution in [1.82, 2.24) is 15.0 Å². The number of nitrogens with zero attached hydrogens (tertiary/aromatic N) is 4. The molecule has 3 heterocycles. The third kappa shape index (κ3) is 5.37. The van der Waals surface area contributed by atoms with Crippen molar-refractivity contribution >= 4 is 39.8 Å². The van der Waals surface area contributed by atoms with Crippen LogP contribution in [-0.2, 0) is 4.74 Å². The van der Waals surface area contributed by atoms with E-state index in [1.54, 1.807) is 23.8 Å². The summed E-state index contributed by atoms with van der Waals surface area (Å²) in [6, 6.07) is 6.52. The van der Waals surface area contributed by atoms with Gasteiger partial charge < -0.3 is 19.7 Å². The quantitative estimate of drug-likeness (QED) is 0.400. The van der Waals surface area contributed by atoms with Gasteiger partial charge in [0.05, 0.1) is 18.4 Å². The number of thiazole rings is 1. The Balaban J connectivity index is 1.38. The Labute approximate surface area is 200 Å². The SMILES string of the molecule is COC(=O)c1ccc(NC(=O)c2csc(N3CCC(Oc4ncccn4)CC3)n2)c(C(C)=O)c1. The molecule has 2 aromatic heterocycles. The normalized spacial score (nSPS) is 13.9. The molecule has 0 bridgehead atoms. The Bertz CT molecular complexity index is 1190. The summed E-state index contributed by atoms with van der Waals surface area (Å²) in [6.07, 6.45) is 4.89. The number of carbonyl (C=O) groups excluding carboxylic acids is 3. The van der Waals surface area contributed by atoms with Crippen molar-refractivity contribution in [1.29, 1.82) is 0 Å². The Hall–Kier alpha value is -3.86. The van der Waals surface area contributed by atoms with Crippen LogP contribution in [0.2, 0.25) is 0 Å². The van der Waals surface area contributed by atoms with Crippen molar-refractivity contribution in [2.75, 3.05) is 30.4 Å². The Morgan fingerprint density at radius 2 is 1.88 bits per heavy atom. The van der Waals surface area contributed by atoms with E-state index >= 15 is 0 Å². The van der Waals surface area contributed by atoms with Crippen LogP contribution in [0.1, 0.15) is 51.0 Å². The number of aromatic nitrogens is 3. The van der Waals surface area contributed by atoms with E-state index in [-0.39, 0.29) is 28.7 Å². The van der Waals surface area contributed by atoms with Gasteiger partial charge in [-0.3, -0.25) is 9.59 Å². The highest BCUT2D eigenvalue weighted by Gasteiger charge is 2.24. The number of nitrogens with one attached hydrogen (secondary N) is 1. The van der Waals surface area contributed by atoms with Crippen LogP contribution in [0.25, 0.3) is 0 Å². The highest BCUT2D eigenvalue weighted by Crippen LogP contribution is 2.26. The Kier molecular flexibility index (Phi) is 7.12. The Morgan fingerprint density at radius 1 is 1.15 bits per heavy atom. The van der Waals surface area contributed by atoms with Crippen LogP contribution in [0.3, 0.4) is 0 Å². The molecule has 34 heavy (non-hydrogen) atoms. The molecule has 0 radical (unpaired) electrons. The van der Waals surface area contributed by atoms with Crippen molar-refractivity contribution in [2.45, 2.75) is 25.9 Å². The molecule has 1 fully saturated rings. The van der Waals surface area contributed by atoms with Gasteiger partial charge in [0.15, 0.2) is 10.9 Å². The second kappa shape index (κ2) is 10.4. The molecule has 0 spiro atoms. The largest absolute Gasteiger partial charge is 0.465 e. The zero-order valence-electron chi connectivity index (χ0n) is 18.7. The number of hydrogen-bond acceptors (Lipinski definition) is 10. The molecule has 1 amide bonds. The molecule has 1 aromatic carbocycles. The number of benzene rings is 1. The van der Waals surface area contributed by atoms with E-state index in [9.17, 15) is 14.4 Å². The molecule has 1 aliphatic heterocycles. The fourth-order valence-corrected chi connectivity index (χ4v) is 4.41. The fourth-order valence-electron chi connectivity index (χ4n) is 3.55. The lowest BCUT2D eigenvalue weighted by Crippen LogP contribution is -2.38. The van der Waals surface area contributed by atoms with Gasteiger partial charge in [-0.05, 0) is 31.2 Å². The summed E-state index contributed by atoms with van der Waals surface area (Å²) in [6.45, 7) is 2.83. The first-order valence-electron chi connectivity index (χ1n) is 10.6. The van der Waals surface area contributed by atoms with Crippen molar-refractivity contribution in [2.24, 2.45) is 0 Å². The average molecular weight is 482 g/mol. The standard InChI is InChI=1S/C23H23N5O5S/c1-14(29)17-12-15(21(31)32-2)4-5-18(17)26-20(30)19-13-34-23(27-19)28-10-6-16(7-11-28)33-22-24-8-3-9-25-22/h3-5,8-9,12-13,16H,6-7,10-11H2,1-2H3,(H,26,30). The lowest BCUT2D eigenvalue weighted by atomic mass is 10.1. The number of ketones is 1. The minimum Gasteiger partial charge on any atom is -0.465 e. The Morgan fingerprint density at radius 3 is 2.56 bits per heavy atom. The van der Waals surface area contributed by atoms with Gasteiger partial charge >= 0.3 is 12.0 Å². The van der Waals surface area contributed by atoms with Crippen molar-refractivity contribution < 1.29 is 23.9 Å². The maximum Gasteiger partial charge on any atom is 0.337 e. The molecule has 0 aliphatic carbocycles. The fraction of sp³-hybridized carbons (Fsp3) is 0.304. The third-order valence-electron chi connectivity index (χ3n) is 5.32. The minimum absolute atomic E-state index is 0.0272. The molecule has 176 valence electrons. The van der Waals surface area contributed by atoms with Crippen molar-refractivity contribution in [3.63, 3.8) is 0 Å². The van der Waals surface area contributed by atoms with Crippen LogP contribution in [0.5, 0.6) is 6.01 Å². The molecule has 0 saturated carbocycles.